The monoisotopic (exact) mass is 320 g/mol. The standard InChI is InChI=1S/C15H16N2O6/c1-3-8-16-15(21)17-12(18)9-23-14(20)11-6-4-10(5-7-11)13(19)22-2/h3-7H,1,8-9H2,2H3,(H2,16,17,18,21). The quantitative estimate of drug-likeness (QED) is 0.588. The molecule has 0 aromatic heterocycles. The SMILES string of the molecule is C=CCNC(=O)NC(=O)COC(=O)c1ccc(C(=O)OC)cc1. The van der Waals surface area contributed by atoms with Crippen molar-refractivity contribution < 1.29 is 28.7 Å². The van der Waals surface area contributed by atoms with Crippen LogP contribution in [-0.4, -0.2) is 44.1 Å². The summed E-state index contributed by atoms with van der Waals surface area (Å²) in [4.78, 5) is 45.6. The number of ether oxygens (including phenoxy) is 2. The fraction of sp³-hybridized carbons (Fsp3) is 0.200. The van der Waals surface area contributed by atoms with Gasteiger partial charge in [-0.1, -0.05) is 6.08 Å². The van der Waals surface area contributed by atoms with Gasteiger partial charge in [0.05, 0.1) is 18.2 Å². The Balaban J connectivity index is 2.47. The molecule has 0 radical (unpaired) electrons. The van der Waals surface area contributed by atoms with Crippen molar-refractivity contribution >= 4 is 23.9 Å². The molecule has 0 atom stereocenters. The Morgan fingerprint density at radius 3 is 2.17 bits per heavy atom. The van der Waals surface area contributed by atoms with Gasteiger partial charge in [-0.3, -0.25) is 10.1 Å². The highest BCUT2D eigenvalue weighted by Crippen LogP contribution is 2.07. The number of nitrogens with one attached hydrogen (secondary N) is 2. The number of benzene rings is 1. The van der Waals surface area contributed by atoms with Crippen LogP contribution in [0.1, 0.15) is 20.7 Å². The lowest BCUT2D eigenvalue weighted by molar-refractivity contribution is -0.123. The van der Waals surface area contributed by atoms with E-state index >= 15 is 0 Å². The molecule has 3 amide bonds. The van der Waals surface area contributed by atoms with Gasteiger partial charge < -0.3 is 14.8 Å². The van der Waals surface area contributed by atoms with Gasteiger partial charge >= 0.3 is 18.0 Å². The van der Waals surface area contributed by atoms with Crippen LogP contribution in [0, 0.1) is 0 Å². The second-order valence-corrected chi connectivity index (χ2v) is 4.19. The predicted molar refractivity (Wildman–Crippen MR) is 79.8 cm³/mol. The number of amides is 3. The lowest BCUT2D eigenvalue weighted by Crippen LogP contribution is -2.41. The summed E-state index contributed by atoms with van der Waals surface area (Å²) in [6, 6.07) is 4.80. The summed E-state index contributed by atoms with van der Waals surface area (Å²) in [6.07, 6.45) is 1.45. The van der Waals surface area contributed by atoms with Crippen LogP contribution in [0.2, 0.25) is 0 Å². The van der Waals surface area contributed by atoms with Crippen LogP contribution in [0.3, 0.4) is 0 Å². The minimum Gasteiger partial charge on any atom is -0.465 e. The summed E-state index contributed by atoms with van der Waals surface area (Å²) in [5.74, 6) is -2.07. The zero-order chi connectivity index (χ0) is 17.2. The van der Waals surface area contributed by atoms with Crippen molar-refractivity contribution in [2.24, 2.45) is 0 Å². The molecule has 23 heavy (non-hydrogen) atoms. The lowest BCUT2D eigenvalue weighted by atomic mass is 10.1. The van der Waals surface area contributed by atoms with Crippen LogP contribution in [0.15, 0.2) is 36.9 Å². The van der Waals surface area contributed by atoms with Crippen molar-refractivity contribution in [1.82, 2.24) is 10.6 Å². The molecule has 2 N–H and O–H groups in total. The van der Waals surface area contributed by atoms with Crippen molar-refractivity contribution in [2.75, 3.05) is 20.3 Å². The fourth-order valence-electron chi connectivity index (χ4n) is 1.45. The number of hydrogen-bond acceptors (Lipinski definition) is 6. The molecule has 8 nitrogen and oxygen atoms in total. The van der Waals surface area contributed by atoms with E-state index in [1.807, 2.05) is 5.32 Å². The third kappa shape index (κ3) is 6.00. The van der Waals surface area contributed by atoms with Crippen LogP contribution in [0.4, 0.5) is 4.79 Å². The van der Waals surface area contributed by atoms with Crippen molar-refractivity contribution in [2.45, 2.75) is 0 Å². The van der Waals surface area contributed by atoms with E-state index in [0.717, 1.165) is 0 Å². The molecule has 1 aromatic rings. The van der Waals surface area contributed by atoms with E-state index in [9.17, 15) is 19.2 Å². The topological polar surface area (TPSA) is 111 Å². The molecule has 8 heteroatoms. The normalized spacial score (nSPS) is 9.43. The highest BCUT2D eigenvalue weighted by Gasteiger charge is 2.13. The Labute approximate surface area is 132 Å². The molecule has 0 unspecified atom stereocenters. The molecule has 0 heterocycles. The third-order valence-electron chi connectivity index (χ3n) is 2.54. The fourth-order valence-corrected chi connectivity index (χ4v) is 1.45. The van der Waals surface area contributed by atoms with Crippen LogP contribution >= 0.6 is 0 Å². The minimum absolute atomic E-state index is 0.154. The average molecular weight is 320 g/mol. The Kier molecular flexibility index (Phi) is 6.99. The van der Waals surface area contributed by atoms with Crippen LogP contribution < -0.4 is 10.6 Å². The Morgan fingerprint density at radius 1 is 1.09 bits per heavy atom. The van der Waals surface area contributed by atoms with E-state index in [1.165, 1.54) is 37.5 Å². The van der Waals surface area contributed by atoms with Gasteiger partial charge in [-0.05, 0) is 24.3 Å². The van der Waals surface area contributed by atoms with Gasteiger partial charge in [0.1, 0.15) is 0 Å². The maximum atomic E-state index is 11.7. The van der Waals surface area contributed by atoms with Gasteiger partial charge in [-0.15, -0.1) is 6.58 Å². The van der Waals surface area contributed by atoms with E-state index in [0.29, 0.717) is 0 Å². The molecule has 0 bridgehead atoms. The van der Waals surface area contributed by atoms with Crippen molar-refractivity contribution in [3.05, 3.63) is 48.0 Å². The Bertz CT molecular complexity index is 609. The summed E-state index contributed by atoms with van der Waals surface area (Å²) in [5, 5.41) is 4.31. The maximum Gasteiger partial charge on any atom is 0.338 e. The predicted octanol–water partition coefficient (Wildman–Crippen LogP) is 0.642. The van der Waals surface area contributed by atoms with E-state index in [4.69, 9.17) is 4.74 Å². The largest absolute Gasteiger partial charge is 0.465 e. The third-order valence-corrected chi connectivity index (χ3v) is 2.54. The molecule has 0 fully saturated rings. The van der Waals surface area contributed by atoms with Gasteiger partial charge in [0, 0.05) is 6.54 Å². The second kappa shape index (κ2) is 8.98. The van der Waals surface area contributed by atoms with Gasteiger partial charge in [0.25, 0.3) is 5.91 Å². The second-order valence-electron chi connectivity index (χ2n) is 4.19. The number of esters is 2. The van der Waals surface area contributed by atoms with Crippen LogP contribution in [0.25, 0.3) is 0 Å². The molecular formula is C15H16N2O6. The van der Waals surface area contributed by atoms with Gasteiger partial charge in [-0.25, -0.2) is 14.4 Å². The smallest absolute Gasteiger partial charge is 0.338 e. The first kappa shape index (κ1) is 17.9. The van der Waals surface area contributed by atoms with Gasteiger partial charge in [-0.2, -0.15) is 0 Å². The number of hydrogen-bond donors (Lipinski definition) is 2. The van der Waals surface area contributed by atoms with Crippen molar-refractivity contribution in [3.63, 3.8) is 0 Å². The summed E-state index contributed by atoms with van der Waals surface area (Å²) in [7, 11) is 1.24. The molecule has 0 saturated carbocycles. The number of carbonyl (C=O) groups is 4. The van der Waals surface area contributed by atoms with E-state index in [-0.39, 0.29) is 17.7 Å². The first-order valence-electron chi connectivity index (χ1n) is 6.52. The first-order chi connectivity index (χ1) is 11.0. The number of rotatable bonds is 6. The zero-order valence-electron chi connectivity index (χ0n) is 12.5. The highest BCUT2D eigenvalue weighted by atomic mass is 16.5. The summed E-state index contributed by atoms with van der Waals surface area (Å²) in [5.41, 5.74) is 0.433. The van der Waals surface area contributed by atoms with Crippen LogP contribution in [0.5, 0.6) is 0 Å². The summed E-state index contributed by atoms with van der Waals surface area (Å²) < 4.78 is 9.28. The molecule has 1 rings (SSSR count). The number of imide groups is 1. The van der Waals surface area contributed by atoms with Gasteiger partial charge in [0.2, 0.25) is 0 Å². The Hall–Kier alpha value is -3.16. The molecule has 0 spiro atoms. The molecule has 0 aliphatic carbocycles. The molecule has 122 valence electrons. The molecule has 0 aliphatic heterocycles. The van der Waals surface area contributed by atoms with E-state index < -0.39 is 30.5 Å². The molecular weight excluding hydrogens is 304 g/mol. The van der Waals surface area contributed by atoms with Gasteiger partial charge in [0.15, 0.2) is 6.61 Å². The first-order valence-corrected chi connectivity index (χ1v) is 6.52. The molecule has 0 aliphatic rings. The maximum absolute atomic E-state index is 11.7. The Morgan fingerprint density at radius 2 is 1.65 bits per heavy atom. The number of methoxy groups -OCH3 is 1. The lowest BCUT2D eigenvalue weighted by Gasteiger charge is -2.06. The average Bonchev–Trinajstić information content (AvgIpc) is 2.57. The number of carbonyl (C=O) groups excluding carboxylic acids is 4. The summed E-state index contributed by atoms with van der Waals surface area (Å²) in [6.45, 7) is 2.99. The molecule has 1 aromatic carbocycles. The zero-order valence-corrected chi connectivity index (χ0v) is 12.5. The van der Waals surface area contributed by atoms with Crippen molar-refractivity contribution in [3.8, 4) is 0 Å². The molecule has 0 saturated heterocycles. The van der Waals surface area contributed by atoms with Crippen LogP contribution in [-0.2, 0) is 14.3 Å². The highest BCUT2D eigenvalue weighted by molar-refractivity contribution is 5.97. The minimum atomic E-state index is -0.772. The number of urea groups is 1. The summed E-state index contributed by atoms with van der Waals surface area (Å²) >= 11 is 0. The van der Waals surface area contributed by atoms with E-state index in [1.54, 1.807) is 0 Å². The van der Waals surface area contributed by atoms with E-state index in [2.05, 4.69) is 16.6 Å². The van der Waals surface area contributed by atoms with Crippen molar-refractivity contribution in [1.29, 1.82) is 0 Å².